The van der Waals surface area contributed by atoms with Crippen molar-refractivity contribution in [2.75, 3.05) is 0 Å². The monoisotopic (exact) mass is 129 g/mol. The zero-order valence-electron chi connectivity index (χ0n) is 5.88. The Morgan fingerprint density at radius 1 is 1.44 bits per heavy atom. The lowest BCUT2D eigenvalue weighted by atomic mass is 9.84. The van der Waals surface area contributed by atoms with Crippen molar-refractivity contribution >= 4 is 0 Å². The van der Waals surface area contributed by atoms with Crippen LogP contribution in [0.2, 0.25) is 0 Å². The van der Waals surface area contributed by atoms with Gasteiger partial charge in [0.05, 0.1) is 6.10 Å². The maximum atomic E-state index is 9.27. The third kappa shape index (κ3) is 1.43. The van der Waals surface area contributed by atoms with Crippen molar-refractivity contribution in [3.8, 4) is 0 Å². The molecule has 9 heavy (non-hydrogen) atoms. The Morgan fingerprint density at radius 3 is 2.56 bits per heavy atom. The third-order valence-corrected chi connectivity index (χ3v) is 2.32. The molecule has 0 aromatic carbocycles. The Kier molecular flexibility index (Phi) is 2.09. The van der Waals surface area contributed by atoms with Gasteiger partial charge in [0, 0.05) is 6.04 Å². The number of nitrogens with two attached hydrogens (primary N) is 1. The Morgan fingerprint density at radius 2 is 2.11 bits per heavy atom. The largest absolute Gasteiger partial charge is 0.393 e. The van der Waals surface area contributed by atoms with Crippen LogP contribution in [0.4, 0.5) is 0 Å². The summed E-state index contributed by atoms with van der Waals surface area (Å²) in [5, 5.41) is 9.27. The molecule has 0 radical (unpaired) electrons. The molecule has 2 unspecified atom stereocenters. The number of rotatable bonds is 0. The number of hydrogen-bond donors (Lipinski definition) is 2. The van der Waals surface area contributed by atoms with Gasteiger partial charge in [-0.1, -0.05) is 6.92 Å². The van der Waals surface area contributed by atoms with E-state index in [0.717, 1.165) is 19.3 Å². The molecule has 0 bridgehead atoms. The highest BCUT2D eigenvalue weighted by atomic mass is 16.3. The minimum Gasteiger partial charge on any atom is -0.393 e. The average Bonchev–Trinajstić information content (AvgIpc) is 1.83. The van der Waals surface area contributed by atoms with Crippen LogP contribution in [0, 0.1) is 5.92 Å². The molecule has 2 nitrogen and oxygen atoms in total. The summed E-state index contributed by atoms with van der Waals surface area (Å²) in [6, 6.07) is 0.230. The van der Waals surface area contributed by atoms with Gasteiger partial charge >= 0.3 is 0 Å². The molecule has 3 atom stereocenters. The molecule has 1 fully saturated rings. The number of hydrogen-bond acceptors (Lipinski definition) is 2. The van der Waals surface area contributed by atoms with Crippen LogP contribution in [0.3, 0.4) is 0 Å². The van der Waals surface area contributed by atoms with Gasteiger partial charge < -0.3 is 10.8 Å². The molecule has 54 valence electrons. The molecule has 0 amide bonds. The van der Waals surface area contributed by atoms with Gasteiger partial charge in [0.2, 0.25) is 0 Å². The van der Waals surface area contributed by atoms with E-state index in [4.69, 9.17) is 5.73 Å². The second-order valence-corrected chi connectivity index (χ2v) is 3.02. The Hall–Kier alpha value is -0.0800. The third-order valence-electron chi connectivity index (χ3n) is 2.32. The van der Waals surface area contributed by atoms with Gasteiger partial charge in [-0.3, -0.25) is 0 Å². The summed E-state index contributed by atoms with van der Waals surface area (Å²) in [7, 11) is 0. The van der Waals surface area contributed by atoms with Crippen LogP contribution in [0.25, 0.3) is 0 Å². The second kappa shape index (κ2) is 2.67. The first-order valence-corrected chi connectivity index (χ1v) is 3.65. The molecule has 1 saturated carbocycles. The van der Waals surface area contributed by atoms with Crippen molar-refractivity contribution < 1.29 is 5.11 Å². The quantitative estimate of drug-likeness (QED) is 0.500. The molecule has 0 spiro atoms. The molecule has 1 aliphatic rings. The maximum Gasteiger partial charge on any atom is 0.0580 e. The van der Waals surface area contributed by atoms with Crippen LogP contribution in [-0.2, 0) is 0 Å². The highest BCUT2D eigenvalue weighted by molar-refractivity contribution is 4.80. The van der Waals surface area contributed by atoms with Crippen molar-refractivity contribution in [1.29, 1.82) is 0 Å². The van der Waals surface area contributed by atoms with Gasteiger partial charge in [-0.2, -0.15) is 0 Å². The number of aliphatic hydroxyl groups is 1. The zero-order valence-corrected chi connectivity index (χ0v) is 5.88. The SMILES string of the molecule is CC1C(N)CCC[C@@H]1O. The van der Waals surface area contributed by atoms with Gasteiger partial charge in [-0.15, -0.1) is 0 Å². The smallest absolute Gasteiger partial charge is 0.0580 e. The van der Waals surface area contributed by atoms with Gasteiger partial charge in [0.1, 0.15) is 0 Å². The fourth-order valence-electron chi connectivity index (χ4n) is 1.37. The summed E-state index contributed by atoms with van der Waals surface area (Å²) in [6.45, 7) is 2.02. The predicted octanol–water partition coefficient (Wildman–Crippen LogP) is 0.495. The van der Waals surface area contributed by atoms with Crippen LogP contribution in [0.15, 0.2) is 0 Å². The summed E-state index contributed by atoms with van der Waals surface area (Å²) in [5.74, 6) is 0.304. The summed E-state index contributed by atoms with van der Waals surface area (Å²) >= 11 is 0. The molecular weight excluding hydrogens is 114 g/mol. The van der Waals surface area contributed by atoms with Crippen LogP contribution < -0.4 is 5.73 Å². The predicted molar refractivity (Wildman–Crippen MR) is 37.0 cm³/mol. The minimum atomic E-state index is -0.145. The topological polar surface area (TPSA) is 46.2 Å². The Balaban J connectivity index is 2.41. The molecule has 1 aliphatic carbocycles. The van der Waals surface area contributed by atoms with Crippen molar-refractivity contribution in [3.63, 3.8) is 0 Å². The molecule has 0 aromatic rings. The van der Waals surface area contributed by atoms with E-state index in [9.17, 15) is 5.11 Å². The number of aliphatic hydroxyl groups excluding tert-OH is 1. The summed E-state index contributed by atoms with van der Waals surface area (Å²) in [4.78, 5) is 0. The lowest BCUT2D eigenvalue weighted by Gasteiger charge is -2.29. The average molecular weight is 129 g/mol. The molecular formula is C7H15NO. The first kappa shape index (κ1) is 7.03. The lowest BCUT2D eigenvalue weighted by molar-refractivity contribution is 0.0671. The fraction of sp³-hybridized carbons (Fsp3) is 1.00. The molecule has 3 N–H and O–H groups in total. The Labute approximate surface area is 56.1 Å². The molecule has 1 rings (SSSR count). The summed E-state index contributed by atoms with van der Waals surface area (Å²) in [6.07, 6.45) is 2.97. The van der Waals surface area contributed by atoms with Gasteiger partial charge in [0.15, 0.2) is 0 Å². The van der Waals surface area contributed by atoms with Crippen molar-refractivity contribution in [3.05, 3.63) is 0 Å². The van der Waals surface area contributed by atoms with E-state index in [1.807, 2.05) is 6.92 Å². The van der Waals surface area contributed by atoms with E-state index in [0.29, 0.717) is 5.92 Å². The molecule has 0 heterocycles. The Bertz CT molecular complexity index is 84.9. The molecule has 0 aromatic heterocycles. The van der Waals surface area contributed by atoms with E-state index < -0.39 is 0 Å². The van der Waals surface area contributed by atoms with Crippen LogP contribution in [0.5, 0.6) is 0 Å². The van der Waals surface area contributed by atoms with E-state index in [-0.39, 0.29) is 12.1 Å². The zero-order chi connectivity index (χ0) is 6.85. The van der Waals surface area contributed by atoms with Crippen molar-refractivity contribution in [2.24, 2.45) is 11.7 Å². The van der Waals surface area contributed by atoms with E-state index in [2.05, 4.69) is 0 Å². The highest BCUT2D eigenvalue weighted by Crippen LogP contribution is 2.22. The van der Waals surface area contributed by atoms with Gasteiger partial charge in [-0.25, -0.2) is 0 Å². The van der Waals surface area contributed by atoms with Crippen molar-refractivity contribution in [1.82, 2.24) is 0 Å². The normalized spacial score (nSPS) is 45.0. The molecule has 0 saturated heterocycles. The van der Waals surface area contributed by atoms with Crippen LogP contribution in [0.1, 0.15) is 26.2 Å². The highest BCUT2D eigenvalue weighted by Gasteiger charge is 2.24. The van der Waals surface area contributed by atoms with Gasteiger partial charge in [-0.05, 0) is 25.2 Å². The van der Waals surface area contributed by atoms with E-state index >= 15 is 0 Å². The summed E-state index contributed by atoms with van der Waals surface area (Å²) < 4.78 is 0. The first-order chi connectivity index (χ1) is 4.22. The fourth-order valence-corrected chi connectivity index (χ4v) is 1.37. The standard InChI is InChI=1S/C7H15NO/c1-5-6(8)3-2-4-7(5)9/h5-7,9H,2-4,8H2,1H3/t5?,6?,7-/m0/s1. The van der Waals surface area contributed by atoms with Crippen molar-refractivity contribution in [2.45, 2.75) is 38.3 Å². The van der Waals surface area contributed by atoms with Crippen LogP contribution >= 0.6 is 0 Å². The van der Waals surface area contributed by atoms with Gasteiger partial charge in [0.25, 0.3) is 0 Å². The van der Waals surface area contributed by atoms with E-state index in [1.165, 1.54) is 0 Å². The molecule has 0 aliphatic heterocycles. The maximum absolute atomic E-state index is 9.27. The molecule has 2 heteroatoms. The lowest BCUT2D eigenvalue weighted by Crippen LogP contribution is -2.39. The van der Waals surface area contributed by atoms with Crippen LogP contribution in [-0.4, -0.2) is 17.3 Å². The summed E-state index contributed by atoms with van der Waals surface area (Å²) in [5.41, 5.74) is 5.71. The second-order valence-electron chi connectivity index (χ2n) is 3.02. The van der Waals surface area contributed by atoms with E-state index in [1.54, 1.807) is 0 Å². The minimum absolute atomic E-state index is 0.145. The first-order valence-electron chi connectivity index (χ1n) is 3.65.